The summed E-state index contributed by atoms with van der Waals surface area (Å²) in [5, 5.41) is 0.620. The van der Waals surface area contributed by atoms with Gasteiger partial charge in [0.25, 0.3) is 0 Å². The van der Waals surface area contributed by atoms with Crippen LogP contribution < -0.4 is 0 Å². The number of carbonyl (C=O) groups excluding carboxylic acids is 2. The maximum atomic E-state index is 13.0. The Morgan fingerprint density at radius 2 is 2.04 bits per heavy atom. The van der Waals surface area contributed by atoms with Crippen LogP contribution in [0.15, 0.2) is 23.6 Å². The van der Waals surface area contributed by atoms with Crippen LogP contribution in [-0.4, -0.2) is 63.5 Å². The minimum Gasteiger partial charge on any atom is -0.342 e. The molecule has 2 aliphatic heterocycles. The van der Waals surface area contributed by atoms with Gasteiger partial charge >= 0.3 is 0 Å². The van der Waals surface area contributed by atoms with Gasteiger partial charge in [-0.15, -0.1) is 0 Å². The van der Waals surface area contributed by atoms with Crippen molar-refractivity contribution in [1.29, 1.82) is 0 Å². The highest BCUT2D eigenvalue weighted by Crippen LogP contribution is 2.41. The molecule has 3 aliphatic rings. The third kappa shape index (κ3) is 3.66. The summed E-state index contributed by atoms with van der Waals surface area (Å²) in [5.74, 6) is 1.43. The van der Waals surface area contributed by atoms with E-state index < -0.39 is 0 Å². The first-order valence-corrected chi connectivity index (χ1v) is 10.1. The topological polar surface area (TPSA) is 66.4 Å². The molecule has 0 unspecified atom stereocenters. The fraction of sp³-hybridized carbons (Fsp3) is 0.667. The molecule has 1 atom stereocenters. The molecule has 1 aromatic rings. The molecule has 2 amide bonds. The molecule has 0 aromatic carbocycles. The predicted octanol–water partition coefficient (Wildman–Crippen LogP) is 1.82. The predicted molar refractivity (Wildman–Crippen MR) is 94.9 cm³/mol. The van der Waals surface area contributed by atoms with Crippen molar-refractivity contribution in [2.24, 2.45) is 11.3 Å². The van der Waals surface area contributed by atoms with E-state index in [-0.39, 0.29) is 11.3 Å². The average Bonchev–Trinajstić information content (AvgIpc) is 3.35. The van der Waals surface area contributed by atoms with Crippen molar-refractivity contribution >= 4 is 23.6 Å². The van der Waals surface area contributed by atoms with E-state index in [0.29, 0.717) is 29.9 Å². The first kappa shape index (κ1) is 16.8. The molecule has 1 spiro atoms. The van der Waals surface area contributed by atoms with E-state index in [1.807, 2.05) is 4.90 Å². The van der Waals surface area contributed by atoms with Crippen molar-refractivity contribution in [1.82, 2.24) is 19.8 Å². The normalized spacial score (nSPS) is 26.5. The number of aromatic nitrogens is 2. The Labute approximate surface area is 152 Å². The first-order valence-electron chi connectivity index (χ1n) is 9.13. The Hall–Kier alpha value is -1.63. The highest BCUT2D eigenvalue weighted by Gasteiger charge is 2.49. The van der Waals surface area contributed by atoms with Crippen LogP contribution in [0.5, 0.6) is 0 Å². The third-order valence-corrected chi connectivity index (χ3v) is 6.43. The maximum absolute atomic E-state index is 13.0. The van der Waals surface area contributed by atoms with E-state index in [1.165, 1.54) is 24.6 Å². The molecule has 134 valence electrons. The lowest BCUT2D eigenvalue weighted by Crippen LogP contribution is -2.51. The molecular weight excluding hydrogens is 336 g/mol. The minimum absolute atomic E-state index is 0.0847. The Balaban J connectivity index is 1.34. The summed E-state index contributed by atoms with van der Waals surface area (Å²) in [6, 6.07) is 1.76. The first-order chi connectivity index (χ1) is 12.2. The van der Waals surface area contributed by atoms with Gasteiger partial charge in [-0.3, -0.25) is 9.59 Å². The van der Waals surface area contributed by atoms with Gasteiger partial charge in [0.1, 0.15) is 0 Å². The molecule has 0 N–H and O–H groups in total. The lowest BCUT2D eigenvalue weighted by atomic mass is 9.78. The standard InChI is InChI=1S/C18H24N4O2S/c23-15(12-25-17-19-7-2-8-20-17)22-10-6-18(13-22)5-1-9-21(16(18)24)11-14-3-4-14/h2,7-8,14H,1,3-6,9-13H2/t18-/m1/s1. The lowest BCUT2D eigenvalue weighted by Gasteiger charge is -2.39. The van der Waals surface area contributed by atoms with Crippen LogP contribution in [0.1, 0.15) is 32.1 Å². The largest absolute Gasteiger partial charge is 0.342 e. The van der Waals surface area contributed by atoms with Crippen LogP contribution in [0.25, 0.3) is 0 Å². The van der Waals surface area contributed by atoms with Crippen molar-refractivity contribution < 1.29 is 9.59 Å². The molecule has 6 nitrogen and oxygen atoms in total. The number of likely N-dealkylation sites (tertiary alicyclic amines) is 2. The van der Waals surface area contributed by atoms with Gasteiger partial charge in [-0.1, -0.05) is 11.8 Å². The van der Waals surface area contributed by atoms with E-state index in [2.05, 4.69) is 14.9 Å². The molecule has 1 saturated carbocycles. The summed E-state index contributed by atoms with van der Waals surface area (Å²) in [7, 11) is 0. The Morgan fingerprint density at radius 3 is 2.80 bits per heavy atom. The number of rotatable bonds is 5. The summed E-state index contributed by atoms with van der Waals surface area (Å²) in [6.45, 7) is 3.10. The number of nitrogens with zero attached hydrogens (tertiary/aromatic N) is 4. The number of hydrogen-bond acceptors (Lipinski definition) is 5. The number of piperidine rings is 1. The van der Waals surface area contributed by atoms with Gasteiger partial charge in [-0.05, 0) is 44.1 Å². The number of hydrogen-bond donors (Lipinski definition) is 0. The fourth-order valence-electron chi connectivity index (χ4n) is 3.98. The van der Waals surface area contributed by atoms with Crippen molar-refractivity contribution in [2.45, 2.75) is 37.3 Å². The number of thioether (sulfide) groups is 1. The third-order valence-electron chi connectivity index (χ3n) is 5.57. The fourth-order valence-corrected chi connectivity index (χ4v) is 4.69. The maximum Gasteiger partial charge on any atom is 0.233 e. The van der Waals surface area contributed by atoms with E-state index in [9.17, 15) is 9.59 Å². The number of carbonyl (C=O) groups is 2. The van der Waals surface area contributed by atoms with Gasteiger partial charge in [-0.2, -0.15) is 0 Å². The zero-order valence-electron chi connectivity index (χ0n) is 14.4. The summed E-state index contributed by atoms with van der Waals surface area (Å²) in [5.41, 5.74) is -0.323. The lowest BCUT2D eigenvalue weighted by molar-refractivity contribution is -0.146. The van der Waals surface area contributed by atoms with Crippen LogP contribution >= 0.6 is 11.8 Å². The Bertz CT molecular complexity index is 652. The van der Waals surface area contributed by atoms with Crippen LogP contribution in [0.4, 0.5) is 0 Å². The second-order valence-electron chi connectivity index (χ2n) is 7.46. The van der Waals surface area contributed by atoms with Crippen LogP contribution in [0, 0.1) is 11.3 Å². The van der Waals surface area contributed by atoms with Gasteiger partial charge < -0.3 is 9.80 Å². The molecule has 25 heavy (non-hydrogen) atoms. The second kappa shape index (κ2) is 6.94. The van der Waals surface area contributed by atoms with Gasteiger partial charge in [0, 0.05) is 38.6 Å². The van der Waals surface area contributed by atoms with E-state index in [0.717, 1.165) is 38.3 Å². The van der Waals surface area contributed by atoms with E-state index in [1.54, 1.807) is 18.5 Å². The van der Waals surface area contributed by atoms with Gasteiger partial charge in [0.2, 0.25) is 11.8 Å². The van der Waals surface area contributed by atoms with Crippen LogP contribution in [0.2, 0.25) is 0 Å². The number of amides is 2. The van der Waals surface area contributed by atoms with Crippen LogP contribution in [0.3, 0.4) is 0 Å². The van der Waals surface area contributed by atoms with Gasteiger partial charge in [0.05, 0.1) is 11.2 Å². The molecule has 7 heteroatoms. The monoisotopic (exact) mass is 360 g/mol. The molecule has 4 rings (SSSR count). The molecule has 0 radical (unpaired) electrons. The van der Waals surface area contributed by atoms with E-state index >= 15 is 0 Å². The minimum atomic E-state index is -0.323. The van der Waals surface area contributed by atoms with Crippen molar-refractivity contribution in [3.05, 3.63) is 18.5 Å². The van der Waals surface area contributed by atoms with Gasteiger partial charge in [0.15, 0.2) is 5.16 Å². The molecule has 0 bridgehead atoms. The average molecular weight is 360 g/mol. The van der Waals surface area contributed by atoms with Crippen molar-refractivity contribution in [3.63, 3.8) is 0 Å². The molecule has 3 heterocycles. The molecule has 3 fully saturated rings. The quantitative estimate of drug-likeness (QED) is 0.592. The smallest absolute Gasteiger partial charge is 0.233 e. The van der Waals surface area contributed by atoms with Gasteiger partial charge in [-0.25, -0.2) is 9.97 Å². The summed E-state index contributed by atoms with van der Waals surface area (Å²) in [6.07, 6.45) is 8.68. The zero-order chi connectivity index (χ0) is 17.3. The van der Waals surface area contributed by atoms with E-state index in [4.69, 9.17) is 0 Å². The molecule has 1 aliphatic carbocycles. The van der Waals surface area contributed by atoms with Crippen molar-refractivity contribution in [3.8, 4) is 0 Å². The SMILES string of the molecule is O=C(CSc1ncccn1)N1CC[C@]2(CCCN(CC3CC3)C2=O)C1. The highest BCUT2D eigenvalue weighted by molar-refractivity contribution is 7.99. The van der Waals surface area contributed by atoms with Crippen LogP contribution in [-0.2, 0) is 9.59 Å². The highest BCUT2D eigenvalue weighted by atomic mass is 32.2. The molecule has 2 saturated heterocycles. The summed E-state index contributed by atoms with van der Waals surface area (Å²) < 4.78 is 0. The zero-order valence-corrected chi connectivity index (χ0v) is 15.2. The summed E-state index contributed by atoms with van der Waals surface area (Å²) >= 11 is 1.36. The molecule has 1 aromatic heterocycles. The summed E-state index contributed by atoms with van der Waals surface area (Å²) in [4.78, 5) is 37.8. The second-order valence-corrected chi connectivity index (χ2v) is 8.41. The Morgan fingerprint density at radius 1 is 1.24 bits per heavy atom. The van der Waals surface area contributed by atoms with Crippen molar-refractivity contribution in [2.75, 3.05) is 31.9 Å². The molecular formula is C18H24N4O2S. The Kier molecular flexibility index (Phi) is 4.67.